The smallest absolute Gasteiger partial charge is 0.263 e. The quantitative estimate of drug-likeness (QED) is 0.873. The number of carbonyl (C=O) groups is 1. The molecule has 7 nitrogen and oxygen atoms in total. The Morgan fingerprint density at radius 2 is 2.16 bits per heavy atom. The lowest BCUT2D eigenvalue weighted by atomic mass is 10.2. The highest BCUT2D eigenvalue weighted by Crippen LogP contribution is 2.31. The number of amides is 1. The molecule has 1 aromatic carbocycles. The van der Waals surface area contributed by atoms with Gasteiger partial charge in [-0.15, -0.1) is 0 Å². The maximum absolute atomic E-state index is 12.2. The second-order valence-electron chi connectivity index (χ2n) is 5.91. The molecule has 3 rings (SSSR count). The van der Waals surface area contributed by atoms with E-state index in [1.807, 2.05) is 10.8 Å². The van der Waals surface area contributed by atoms with E-state index in [1.165, 1.54) is 20.0 Å². The van der Waals surface area contributed by atoms with Gasteiger partial charge in [-0.25, -0.2) is 4.68 Å². The molecule has 0 spiro atoms. The third-order valence-corrected chi connectivity index (χ3v) is 4.26. The average molecular weight is 340 g/mol. The SMILES string of the molecule is COc1cc(C#N)ccc1OCC(=O)Nc1ccnn1C1CCCC1. The van der Waals surface area contributed by atoms with Crippen molar-refractivity contribution in [2.75, 3.05) is 19.0 Å². The number of hydrogen-bond donors (Lipinski definition) is 1. The van der Waals surface area contributed by atoms with Crippen molar-refractivity contribution in [3.8, 4) is 17.6 Å². The van der Waals surface area contributed by atoms with E-state index in [9.17, 15) is 4.79 Å². The van der Waals surface area contributed by atoms with E-state index in [4.69, 9.17) is 14.7 Å². The molecule has 25 heavy (non-hydrogen) atoms. The molecule has 1 N–H and O–H groups in total. The zero-order valence-electron chi connectivity index (χ0n) is 14.1. The molecule has 0 aliphatic heterocycles. The second kappa shape index (κ2) is 7.71. The number of aromatic nitrogens is 2. The third-order valence-electron chi connectivity index (χ3n) is 4.26. The zero-order valence-corrected chi connectivity index (χ0v) is 14.1. The molecule has 0 unspecified atom stereocenters. The Morgan fingerprint density at radius 3 is 2.88 bits per heavy atom. The molecule has 1 heterocycles. The standard InChI is InChI=1S/C18H20N4O3/c1-24-16-10-13(11-19)6-7-15(16)25-12-18(23)21-17-8-9-20-22(17)14-4-2-3-5-14/h6-10,14H,2-5,12H2,1H3,(H,21,23). The number of benzene rings is 1. The highest BCUT2D eigenvalue weighted by Gasteiger charge is 2.20. The van der Waals surface area contributed by atoms with Gasteiger partial charge in [-0.3, -0.25) is 4.79 Å². The van der Waals surface area contributed by atoms with Gasteiger partial charge >= 0.3 is 0 Å². The molecule has 0 bridgehead atoms. The molecule has 130 valence electrons. The van der Waals surface area contributed by atoms with Crippen molar-refractivity contribution in [1.82, 2.24) is 9.78 Å². The number of anilines is 1. The molecule has 1 aliphatic rings. The fraction of sp³-hybridized carbons (Fsp3) is 0.389. The summed E-state index contributed by atoms with van der Waals surface area (Å²) in [6.07, 6.45) is 6.25. The van der Waals surface area contributed by atoms with E-state index in [-0.39, 0.29) is 12.5 Å². The van der Waals surface area contributed by atoms with Gasteiger partial charge in [-0.05, 0) is 25.0 Å². The number of hydrogen-bond acceptors (Lipinski definition) is 5. The minimum atomic E-state index is -0.272. The molecule has 2 aromatic rings. The Morgan fingerprint density at radius 1 is 1.36 bits per heavy atom. The molecule has 1 amide bonds. The fourth-order valence-corrected chi connectivity index (χ4v) is 3.03. The van der Waals surface area contributed by atoms with Gasteiger partial charge in [0.05, 0.1) is 31.0 Å². The number of nitrogens with zero attached hydrogens (tertiary/aromatic N) is 3. The predicted molar refractivity (Wildman–Crippen MR) is 91.6 cm³/mol. The largest absolute Gasteiger partial charge is 0.493 e. The number of methoxy groups -OCH3 is 1. The van der Waals surface area contributed by atoms with Crippen LogP contribution in [0.3, 0.4) is 0 Å². The van der Waals surface area contributed by atoms with Crippen molar-refractivity contribution < 1.29 is 14.3 Å². The molecule has 1 aliphatic carbocycles. The van der Waals surface area contributed by atoms with Gasteiger partial charge in [0.15, 0.2) is 18.1 Å². The van der Waals surface area contributed by atoms with Crippen molar-refractivity contribution in [2.45, 2.75) is 31.7 Å². The van der Waals surface area contributed by atoms with Crippen LogP contribution in [0.4, 0.5) is 5.82 Å². The molecule has 1 fully saturated rings. The Labute approximate surface area is 146 Å². The molecule has 7 heteroatoms. The van der Waals surface area contributed by atoms with E-state index in [0.29, 0.717) is 28.9 Å². The Kier molecular flexibility index (Phi) is 5.19. The molecule has 0 atom stereocenters. The summed E-state index contributed by atoms with van der Waals surface area (Å²) in [7, 11) is 1.49. The van der Waals surface area contributed by atoms with Crippen LogP contribution in [0.15, 0.2) is 30.5 Å². The number of carbonyl (C=O) groups excluding carboxylic acids is 1. The van der Waals surface area contributed by atoms with E-state index in [0.717, 1.165) is 12.8 Å². The van der Waals surface area contributed by atoms with Crippen LogP contribution in [0.25, 0.3) is 0 Å². The van der Waals surface area contributed by atoms with Gasteiger partial charge in [-0.2, -0.15) is 10.4 Å². The summed E-state index contributed by atoms with van der Waals surface area (Å²) in [4.78, 5) is 12.2. The van der Waals surface area contributed by atoms with Crippen LogP contribution in [-0.4, -0.2) is 29.4 Å². The van der Waals surface area contributed by atoms with Crippen LogP contribution < -0.4 is 14.8 Å². The topological polar surface area (TPSA) is 89.2 Å². The first-order valence-electron chi connectivity index (χ1n) is 8.25. The minimum absolute atomic E-state index is 0.155. The predicted octanol–water partition coefficient (Wildman–Crippen LogP) is 2.90. The van der Waals surface area contributed by atoms with Crippen LogP contribution in [0, 0.1) is 11.3 Å². The van der Waals surface area contributed by atoms with Crippen molar-refractivity contribution >= 4 is 11.7 Å². The highest BCUT2D eigenvalue weighted by atomic mass is 16.5. The van der Waals surface area contributed by atoms with Crippen LogP contribution in [0.5, 0.6) is 11.5 Å². The molecule has 0 radical (unpaired) electrons. The van der Waals surface area contributed by atoms with E-state index in [2.05, 4.69) is 10.4 Å². The monoisotopic (exact) mass is 340 g/mol. The van der Waals surface area contributed by atoms with Gasteiger partial charge in [0, 0.05) is 12.1 Å². The third kappa shape index (κ3) is 3.91. The first kappa shape index (κ1) is 16.8. The summed E-state index contributed by atoms with van der Waals surface area (Å²) in [6.45, 7) is -0.155. The number of ether oxygens (including phenoxy) is 2. The van der Waals surface area contributed by atoms with Crippen molar-refractivity contribution in [3.63, 3.8) is 0 Å². The average Bonchev–Trinajstić information content (AvgIpc) is 3.31. The molecular weight excluding hydrogens is 320 g/mol. The van der Waals surface area contributed by atoms with Gasteiger partial charge in [-0.1, -0.05) is 12.8 Å². The first-order chi connectivity index (χ1) is 12.2. The summed E-state index contributed by atoms with van der Waals surface area (Å²) in [5.41, 5.74) is 0.467. The summed E-state index contributed by atoms with van der Waals surface area (Å²) in [6, 6.07) is 8.98. The van der Waals surface area contributed by atoms with Crippen LogP contribution in [-0.2, 0) is 4.79 Å². The van der Waals surface area contributed by atoms with Crippen molar-refractivity contribution in [3.05, 3.63) is 36.0 Å². The summed E-state index contributed by atoms with van der Waals surface area (Å²) >= 11 is 0. The summed E-state index contributed by atoms with van der Waals surface area (Å²) < 4.78 is 12.6. The Balaban J connectivity index is 1.61. The lowest BCUT2D eigenvalue weighted by molar-refractivity contribution is -0.118. The molecular formula is C18H20N4O3. The van der Waals surface area contributed by atoms with Gasteiger partial charge in [0.1, 0.15) is 5.82 Å². The van der Waals surface area contributed by atoms with Crippen LogP contribution >= 0.6 is 0 Å². The fourth-order valence-electron chi connectivity index (χ4n) is 3.03. The Bertz CT molecular complexity index is 788. The minimum Gasteiger partial charge on any atom is -0.493 e. The van der Waals surface area contributed by atoms with Crippen molar-refractivity contribution in [1.29, 1.82) is 5.26 Å². The Hall–Kier alpha value is -3.01. The number of rotatable bonds is 6. The van der Waals surface area contributed by atoms with Crippen LogP contribution in [0.2, 0.25) is 0 Å². The first-order valence-corrected chi connectivity index (χ1v) is 8.25. The summed E-state index contributed by atoms with van der Waals surface area (Å²) in [5.74, 6) is 1.25. The lowest BCUT2D eigenvalue weighted by Gasteiger charge is -2.15. The zero-order chi connectivity index (χ0) is 17.6. The molecule has 1 aromatic heterocycles. The van der Waals surface area contributed by atoms with Gasteiger partial charge in [0.25, 0.3) is 5.91 Å². The van der Waals surface area contributed by atoms with Gasteiger partial charge in [0.2, 0.25) is 0 Å². The highest BCUT2D eigenvalue weighted by molar-refractivity contribution is 5.91. The number of nitrogens with one attached hydrogen (secondary N) is 1. The normalized spacial score (nSPS) is 14.1. The van der Waals surface area contributed by atoms with E-state index < -0.39 is 0 Å². The molecule has 0 saturated heterocycles. The maximum Gasteiger partial charge on any atom is 0.263 e. The number of nitriles is 1. The lowest BCUT2D eigenvalue weighted by Crippen LogP contribution is -2.23. The summed E-state index contributed by atoms with van der Waals surface area (Å²) in [5, 5.41) is 16.1. The van der Waals surface area contributed by atoms with Gasteiger partial charge < -0.3 is 14.8 Å². The van der Waals surface area contributed by atoms with E-state index >= 15 is 0 Å². The van der Waals surface area contributed by atoms with E-state index in [1.54, 1.807) is 30.5 Å². The maximum atomic E-state index is 12.2. The second-order valence-corrected chi connectivity index (χ2v) is 5.91. The van der Waals surface area contributed by atoms with Crippen molar-refractivity contribution in [2.24, 2.45) is 0 Å². The van der Waals surface area contributed by atoms with Crippen LogP contribution in [0.1, 0.15) is 37.3 Å². The molecule has 1 saturated carbocycles.